The molecule has 1 saturated heterocycles. The number of benzene rings is 2. The molecule has 5 heteroatoms. The second-order valence-corrected chi connectivity index (χ2v) is 6.80. The van der Waals surface area contributed by atoms with E-state index in [-0.39, 0.29) is 30.0 Å². The van der Waals surface area contributed by atoms with Gasteiger partial charge in [0.05, 0.1) is 0 Å². The highest BCUT2D eigenvalue weighted by Gasteiger charge is 2.30. The number of halogens is 3. The zero-order valence-electron chi connectivity index (χ0n) is 14.4. The van der Waals surface area contributed by atoms with Crippen molar-refractivity contribution in [2.45, 2.75) is 25.3 Å². The molecule has 0 radical (unpaired) electrons. The van der Waals surface area contributed by atoms with Crippen LogP contribution in [0.15, 0.2) is 48.5 Å². The van der Waals surface area contributed by atoms with E-state index >= 15 is 0 Å². The van der Waals surface area contributed by atoms with E-state index in [1.165, 1.54) is 24.3 Å². The SMILES string of the molecule is CC1CC(CN)CN1CC(c1ccc(F)cc1)c1ccc(F)cc1.Cl. The zero-order chi connectivity index (χ0) is 17.1. The quantitative estimate of drug-likeness (QED) is 0.859. The van der Waals surface area contributed by atoms with Crippen molar-refractivity contribution in [3.8, 4) is 0 Å². The molecule has 0 spiro atoms. The summed E-state index contributed by atoms with van der Waals surface area (Å²) < 4.78 is 26.6. The summed E-state index contributed by atoms with van der Waals surface area (Å²) in [5.74, 6) is 0.135. The Bertz CT molecular complexity index is 615. The van der Waals surface area contributed by atoms with Gasteiger partial charge in [0.15, 0.2) is 0 Å². The fourth-order valence-corrected chi connectivity index (χ4v) is 3.67. The summed E-state index contributed by atoms with van der Waals surface area (Å²) in [7, 11) is 0. The van der Waals surface area contributed by atoms with Gasteiger partial charge in [-0.15, -0.1) is 12.4 Å². The lowest BCUT2D eigenvalue weighted by molar-refractivity contribution is 0.256. The molecule has 0 bridgehead atoms. The van der Waals surface area contributed by atoms with Crippen LogP contribution in [-0.2, 0) is 0 Å². The van der Waals surface area contributed by atoms with Crippen molar-refractivity contribution in [3.63, 3.8) is 0 Å². The van der Waals surface area contributed by atoms with Crippen LogP contribution in [0, 0.1) is 17.6 Å². The second kappa shape index (κ2) is 8.75. The summed E-state index contributed by atoms with van der Waals surface area (Å²) in [6.45, 7) is 4.74. The molecule has 136 valence electrons. The molecule has 2 atom stereocenters. The van der Waals surface area contributed by atoms with Crippen molar-refractivity contribution in [2.75, 3.05) is 19.6 Å². The first-order chi connectivity index (χ1) is 11.6. The highest BCUT2D eigenvalue weighted by molar-refractivity contribution is 5.85. The maximum atomic E-state index is 13.3. The van der Waals surface area contributed by atoms with Crippen molar-refractivity contribution in [3.05, 3.63) is 71.3 Å². The molecule has 0 amide bonds. The van der Waals surface area contributed by atoms with Gasteiger partial charge in [0.25, 0.3) is 0 Å². The number of hydrogen-bond donors (Lipinski definition) is 1. The summed E-state index contributed by atoms with van der Waals surface area (Å²) in [6.07, 6.45) is 1.11. The van der Waals surface area contributed by atoms with Gasteiger partial charge in [-0.3, -0.25) is 4.90 Å². The van der Waals surface area contributed by atoms with Crippen LogP contribution in [0.5, 0.6) is 0 Å². The van der Waals surface area contributed by atoms with Crippen molar-refractivity contribution in [2.24, 2.45) is 11.7 Å². The molecule has 3 rings (SSSR count). The molecule has 2 aromatic carbocycles. The van der Waals surface area contributed by atoms with Crippen LogP contribution >= 0.6 is 12.4 Å². The number of likely N-dealkylation sites (tertiary alicyclic amines) is 1. The Hall–Kier alpha value is -1.49. The van der Waals surface area contributed by atoms with E-state index in [1.807, 2.05) is 24.3 Å². The predicted molar refractivity (Wildman–Crippen MR) is 100 cm³/mol. The Morgan fingerprint density at radius 3 is 1.88 bits per heavy atom. The first-order valence-electron chi connectivity index (χ1n) is 8.52. The first-order valence-corrected chi connectivity index (χ1v) is 8.52. The average Bonchev–Trinajstić information content (AvgIpc) is 2.95. The van der Waals surface area contributed by atoms with E-state index in [4.69, 9.17) is 5.73 Å². The van der Waals surface area contributed by atoms with Gasteiger partial charge in [0.2, 0.25) is 0 Å². The van der Waals surface area contributed by atoms with Gasteiger partial charge in [-0.25, -0.2) is 8.78 Å². The third-order valence-electron chi connectivity index (χ3n) is 5.09. The predicted octanol–water partition coefficient (Wildman–Crippen LogP) is 4.19. The van der Waals surface area contributed by atoms with Crippen LogP contribution < -0.4 is 5.73 Å². The summed E-state index contributed by atoms with van der Waals surface area (Å²) in [5.41, 5.74) is 7.93. The minimum Gasteiger partial charge on any atom is -0.330 e. The molecule has 1 aliphatic heterocycles. The highest BCUT2D eigenvalue weighted by atomic mass is 35.5. The summed E-state index contributed by atoms with van der Waals surface area (Å²) in [6, 6.07) is 13.7. The van der Waals surface area contributed by atoms with Gasteiger partial charge >= 0.3 is 0 Å². The molecule has 0 saturated carbocycles. The normalized spacial score (nSPS) is 20.7. The Morgan fingerprint density at radius 1 is 1.00 bits per heavy atom. The van der Waals surface area contributed by atoms with Crippen LogP contribution in [0.3, 0.4) is 0 Å². The molecular formula is C20H25ClF2N2. The van der Waals surface area contributed by atoms with E-state index in [9.17, 15) is 8.78 Å². The standard InChI is InChI=1S/C20H24F2N2.ClH/c1-14-10-15(11-23)12-24(14)13-20(16-2-6-18(21)7-3-16)17-4-8-19(22)9-5-17;/h2-9,14-15,20H,10-13,23H2,1H3;1H. The molecule has 2 N–H and O–H groups in total. The molecule has 25 heavy (non-hydrogen) atoms. The Kier molecular flexibility index (Phi) is 6.94. The Labute approximate surface area is 154 Å². The van der Waals surface area contributed by atoms with Crippen LogP contribution in [-0.4, -0.2) is 30.6 Å². The zero-order valence-corrected chi connectivity index (χ0v) is 15.2. The van der Waals surface area contributed by atoms with Gasteiger partial charge in [0, 0.05) is 25.0 Å². The van der Waals surface area contributed by atoms with E-state index in [1.54, 1.807) is 0 Å². The van der Waals surface area contributed by atoms with Gasteiger partial charge in [-0.2, -0.15) is 0 Å². The van der Waals surface area contributed by atoms with Crippen LogP contribution in [0.1, 0.15) is 30.4 Å². The Balaban J connectivity index is 0.00000225. The van der Waals surface area contributed by atoms with E-state index in [0.717, 1.165) is 30.6 Å². The second-order valence-electron chi connectivity index (χ2n) is 6.80. The lowest BCUT2D eigenvalue weighted by Gasteiger charge is -2.28. The maximum Gasteiger partial charge on any atom is 0.123 e. The lowest BCUT2D eigenvalue weighted by Crippen LogP contribution is -2.32. The number of rotatable bonds is 5. The molecule has 1 aliphatic rings. The molecule has 0 aromatic heterocycles. The van der Waals surface area contributed by atoms with Gasteiger partial charge in [0.1, 0.15) is 11.6 Å². The minimum atomic E-state index is -0.241. The minimum absolute atomic E-state index is 0. The van der Waals surface area contributed by atoms with E-state index in [2.05, 4.69) is 11.8 Å². The number of hydrogen-bond acceptors (Lipinski definition) is 2. The van der Waals surface area contributed by atoms with Crippen molar-refractivity contribution >= 4 is 12.4 Å². The van der Waals surface area contributed by atoms with Gasteiger partial charge < -0.3 is 5.73 Å². The molecule has 2 nitrogen and oxygen atoms in total. The van der Waals surface area contributed by atoms with Crippen molar-refractivity contribution in [1.82, 2.24) is 4.90 Å². The topological polar surface area (TPSA) is 29.3 Å². The van der Waals surface area contributed by atoms with Crippen molar-refractivity contribution in [1.29, 1.82) is 0 Å². The summed E-state index contributed by atoms with van der Waals surface area (Å²) in [5, 5.41) is 0. The fraction of sp³-hybridized carbons (Fsp3) is 0.400. The average molecular weight is 367 g/mol. The Morgan fingerprint density at radius 2 is 1.48 bits per heavy atom. The molecule has 2 unspecified atom stereocenters. The summed E-state index contributed by atoms with van der Waals surface area (Å²) >= 11 is 0. The maximum absolute atomic E-state index is 13.3. The monoisotopic (exact) mass is 366 g/mol. The third-order valence-corrected chi connectivity index (χ3v) is 5.09. The van der Waals surface area contributed by atoms with Crippen molar-refractivity contribution < 1.29 is 8.78 Å². The smallest absolute Gasteiger partial charge is 0.123 e. The molecular weight excluding hydrogens is 342 g/mol. The summed E-state index contributed by atoms with van der Waals surface area (Å²) in [4.78, 5) is 2.44. The molecule has 1 fully saturated rings. The molecule has 0 aliphatic carbocycles. The van der Waals surface area contributed by atoms with Crippen LogP contribution in [0.25, 0.3) is 0 Å². The lowest BCUT2D eigenvalue weighted by atomic mass is 9.90. The third kappa shape index (κ3) is 4.78. The number of nitrogens with two attached hydrogens (primary N) is 1. The van der Waals surface area contributed by atoms with E-state index < -0.39 is 0 Å². The van der Waals surface area contributed by atoms with Gasteiger partial charge in [-0.05, 0) is 61.2 Å². The molecule has 1 heterocycles. The highest BCUT2D eigenvalue weighted by Crippen LogP contribution is 2.30. The van der Waals surface area contributed by atoms with Crippen LogP contribution in [0.4, 0.5) is 8.78 Å². The first kappa shape index (κ1) is 19.8. The molecule has 2 aromatic rings. The largest absolute Gasteiger partial charge is 0.330 e. The van der Waals surface area contributed by atoms with Gasteiger partial charge in [-0.1, -0.05) is 24.3 Å². The fourth-order valence-electron chi connectivity index (χ4n) is 3.67. The van der Waals surface area contributed by atoms with Crippen LogP contribution in [0.2, 0.25) is 0 Å². The van der Waals surface area contributed by atoms with E-state index in [0.29, 0.717) is 18.5 Å². The number of nitrogens with zero attached hydrogens (tertiary/aromatic N) is 1.